The number of amides is 1. The number of carbonyl (C=O) groups excluding carboxylic acids is 1. The molecule has 1 unspecified atom stereocenters. The number of rotatable bonds is 4. The third-order valence-electron chi connectivity index (χ3n) is 2.63. The second-order valence-corrected chi connectivity index (χ2v) is 4.10. The van der Waals surface area contributed by atoms with Gasteiger partial charge in [-0.25, -0.2) is 0 Å². The molecule has 2 atom stereocenters. The van der Waals surface area contributed by atoms with Crippen LogP contribution in [0.15, 0.2) is 0 Å². The third-order valence-corrected chi connectivity index (χ3v) is 2.63. The summed E-state index contributed by atoms with van der Waals surface area (Å²) in [7, 11) is 0. The highest BCUT2D eigenvalue weighted by atomic mass is 16.5. The zero-order valence-electron chi connectivity index (χ0n) is 8.82. The van der Waals surface area contributed by atoms with Crippen molar-refractivity contribution in [1.82, 2.24) is 5.32 Å². The van der Waals surface area contributed by atoms with Crippen LogP contribution >= 0.6 is 0 Å². The summed E-state index contributed by atoms with van der Waals surface area (Å²) in [5.41, 5.74) is 0. The minimum absolute atomic E-state index is 0.00299. The lowest BCUT2D eigenvalue weighted by molar-refractivity contribution is -0.126. The van der Waals surface area contributed by atoms with Crippen molar-refractivity contribution in [1.29, 1.82) is 0 Å². The van der Waals surface area contributed by atoms with Gasteiger partial charge in [0.1, 0.15) is 0 Å². The Morgan fingerprint density at radius 1 is 1.64 bits per heavy atom. The average Bonchev–Trinajstić information content (AvgIpc) is 2.65. The van der Waals surface area contributed by atoms with E-state index in [0.717, 1.165) is 6.42 Å². The third kappa shape index (κ3) is 2.96. The molecule has 0 aliphatic carbocycles. The Labute approximate surface area is 84.6 Å². The highest BCUT2D eigenvalue weighted by Gasteiger charge is 2.25. The number of hydrogen-bond donors (Lipinski definition) is 2. The highest BCUT2D eigenvalue weighted by Crippen LogP contribution is 2.13. The van der Waals surface area contributed by atoms with Gasteiger partial charge in [-0.3, -0.25) is 4.79 Å². The molecule has 2 N–H and O–H groups in total. The molecule has 0 aromatic carbocycles. The van der Waals surface area contributed by atoms with Crippen LogP contribution in [0.4, 0.5) is 0 Å². The van der Waals surface area contributed by atoms with E-state index in [2.05, 4.69) is 5.32 Å². The summed E-state index contributed by atoms with van der Waals surface area (Å²) in [4.78, 5) is 11.6. The average molecular weight is 201 g/mol. The van der Waals surface area contributed by atoms with E-state index in [1.54, 1.807) is 0 Å². The molecule has 0 aromatic rings. The van der Waals surface area contributed by atoms with Crippen LogP contribution in [-0.2, 0) is 9.53 Å². The number of carbonyl (C=O) groups is 1. The number of aliphatic hydroxyl groups excluding tert-OH is 1. The fourth-order valence-electron chi connectivity index (χ4n) is 1.47. The van der Waals surface area contributed by atoms with Gasteiger partial charge in [-0.05, 0) is 12.3 Å². The van der Waals surface area contributed by atoms with Crippen LogP contribution in [-0.4, -0.2) is 36.9 Å². The predicted octanol–water partition coefficient (Wildman–Crippen LogP) is 0.156. The van der Waals surface area contributed by atoms with Gasteiger partial charge in [-0.2, -0.15) is 0 Å². The standard InChI is InChI=1S/C10H19NO3/c1-7(2)9(5-12)11-10(13)8-3-4-14-6-8/h7-9,12H,3-6H2,1-2H3,(H,11,13)/t8?,9-/m1/s1. The van der Waals surface area contributed by atoms with Crippen molar-refractivity contribution in [2.45, 2.75) is 26.3 Å². The molecule has 1 aliphatic heterocycles. The molecule has 1 rings (SSSR count). The van der Waals surface area contributed by atoms with Gasteiger partial charge in [0.15, 0.2) is 0 Å². The molecule has 4 nitrogen and oxygen atoms in total. The maximum Gasteiger partial charge on any atom is 0.225 e. The fourth-order valence-corrected chi connectivity index (χ4v) is 1.47. The van der Waals surface area contributed by atoms with Crippen molar-refractivity contribution in [3.8, 4) is 0 Å². The summed E-state index contributed by atoms with van der Waals surface area (Å²) in [6.45, 7) is 5.14. The van der Waals surface area contributed by atoms with Crippen molar-refractivity contribution in [2.24, 2.45) is 11.8 Å². The van der Waals surface area contributed by atoms with E-state index >= 15 is 0 Å². The largest absolute Gasteiger partial charge is 0.394 e. The molecule has 1 saturated heterocycles. The van der Waals surface area contributed by atoms with E-state index in [4.69, 9.17) is 9.84 Å². The summed E-state index contributed by atoms with van der Waals surface area (Å²) < 4.78 is 5.13. The summed E-state index contributed by atoms with van der Waals surface area (Å²) in [5.74, 6) is 0.240. The zero-order chi connectivity index (χ0) is 10.6. The van der Waals surface area contributed by atoms with Crippen molar-refractivity contribution in [3.63, 3.8) is 0 Å². The van der Waals surface area contributed by atoms with Crippen molar-refractivity contribution >= 4 is 5.91 Å². The molecule has 0 spiro atoms. The lowest BCUT2D eigenvalue weighted by atomic mass is 10.0. The van der Waals surface area contributed by atoms with E-state index < -0.39 is 0 Å². The van der Waals surface area contributed by atoms with Crippen LogP contribution in [0.5, 0.6) is 0 Å². The first-order valence-electron chi connectivity index (χ1n) is 5.14. The van der Waals surface area contributed by atoms with Gasteiger partial charge in [-0.15, -0.1) is 0 Å². The lowest BCUT2D eigenvalue weighted by Crippen LogP contribution is -2.44. The number of hydrogen-bond acceptors (Lipinski definition) is 3. The number of nitrogens with one attached hydrogen (secondary N) is 1. The molecule has 4 heteroatoms. The Morgan fingerprint density at radius 3 is 2.79 bits per heavy atom. The van der Waals surface area contributed by atoms with Crippen LogP contribution in [0.25, 0.3) is 0 Å². The maximum absolute atomic E-state index is 11.6. The molecule has 1 aliphatic rings. The normalized spacial score (nSPS) is 23.9. The summed E-state index contributed by atoms with van der Waals surface area (Å²) >= 11 is 0. The van der Waals surface area contributed by atoms with Gasteiger partial charge >= 0.3 is 0 Å². The van der Waals surface area contributed by atoms with Crippen molar-refractivity contribution in [2.75, 3.05) is 19.8 Å². The second kappa shape index (κ2) is 5.32. The molecular formula is C10H19NO3. The SMILES string of the molecule is CC(C)[C@@H](CO)NC(=O)C1CCOC1. The smallest absolute Gasteiger partial charge is 0.225 e. The van der Waals surface area contributed by atoms with Gasteiger partial charge in [0.25, 0.3) is 0 Å². The van der Waals surface area contributed by atoms with Crippen LogP contribution < -0.4 is 5.32 Å². The first-order chi connectivity index (χ1) is 6.65. The molecule has 82 valence electrons. The Balaban J connectivity index is 2.37. The van der Waals surface area contributed by atoms with Crippen LogP contribution in [0.3, 0.4) is 0 Å². The highest BCUT2D eigenvalue weighted by molar-refractivity contribution is 5.79. The monoisotopic (exact) mass is 201 g/mol. The van der Waals surface area contributed by atoms with E-state index in [1.807, 2.05) is 13.8 Å². The number of aliphatic hydroxyl groups is 1. The van der Waals surface area contributed by atoms with Crippen molar-refractivity contribution < 1.29 is 14.6 Å². The van der Waals surface area contributed by atoms with Crippen molar-refractivity contribution in [3.05, 3.63) is 0 Å². The lowest BCUT2D eigenvalue weighted by Gasteiger charge is -2.21. The molecule has 0 saturated carbocycles. The van der Waals surface area contributed by atoms with Gasteiger partial charge in [-0.1, -0.05) is 13.8 Å². The Bertz CT molecular complexity index is 188. The van der Waals surface area contributed by atoms with E-state index in [1.165, 1.54) is 0 Å². The van der Waals surface area contributed by atoms with Crippen LogP contribution in [0.1, 0.15) is 20.3 Å². The topological polar surface area (TPSA) is 58.6 Å². The molecule has 0 radical (unpaired) electrons. The molecule has 1 heterocycles. The van der Waals surface area contributed by atoms with Crippen LogP contribution in [0.2, 0.25) is 0 Å². The van der Waals surface area contributed by atoms with Gasteiger partial charge in [0.2, 0.25) is 5.91 Å². The maximum atomic E-state index is 11.6. The summed E-state index contributed by atoms with van der Waals surface area (Å²) in [5, 5.41) is 11.9. The molecular weight excluding hydrogens is 182 g/mol. The molecule has 14 heavy (non-hydrogen) atoms. The molecule has 1 amide bonds. The molecule has 0 bridgehead atoms. The second-order valence-electron chi connectivity index (χ2n) is 4.10. The zero-order valence-corrected chi connectivity index (χ0v) is 8.82. The molecule has 0 aromatic heterocycles. The Hall–Kier alpha value is -0.610. The Kier molecular flexibility index (Phi) is 4.35. The van der Waals surface area contributed by atoms with E-state index in [0.29, 0.717) is 13.2 Å². The quantitative estimate of drug-likeness (QED) is 0.681. The molecule has 1 fully saturated rings. The predicted molar refractivity (Wildman–Crippen MR) is 52.8 cm³/mol. The summed E-state index contributed by atoms with van der Waals surface area (Å²) in [6, 6.07) is -0.136. The summed E-state index contributed by atoms with van der Waals surface area (Å²) in [6.07, 6.45) is 0.794. The number of ether oxygens (including phenoxy) is 1. The Morgan fingerprint density at radius 2 is 2.36 bits per heavy atom. The van der Waals surface area contributed by atoms with Gasteiger partial charge in [0, 0.05) is 6.61 Å². The van der Waals surface area contributed by atoms with Gasteiger partial charge < -0.3 is 15.2 Å². The first kappa shape index (κ1) is 11.5. The minimum Gasteiger partial charge on any atom is -0.394 e. The first-order valence-corrected chi connectivity index (χ1v) is 5.14. The van der Waals surface area contributed by atoms with Crippen LogP contribution in [0, 0.1) is 11.8 Å². The van der Waals surface area contributed by atoms with E-state index in [-0.39, 0.29) is 30.4 Å². The van der Waals surface area contributed by atoms with E-state index in [9.17, 15) is 4.79 Å². The fraction of sp³-hybridized carbons (Fsp3) is 0.900. The van der Waals surface area contributed by atoms with Gasteiger partial charge in [0.05, 0.1) is 25.2 Å². The minimum atomic E-state index is -0.136.